The van der Waals surface area contributed by atoms with Gasteiger partial charge >= 0.3 is 19.3 Å². The van der Waals surface area contributed by atoms with E-state index in [1.165, 1.54) is 17.5 Å². The Kier molecular flexibility index (Phi) is 26.5. The fourth-order valence-corrected chi connectivity index (χ4v) is 6.76. The van der Waals surface area contributed by atoms with Crippen molar-refractivity contribution < 1.29 is 34.2 Å². The predicted molar refractivity (Wildman–Crippen MR) is 254 cm³/mol. The van der Waals surface area contributed by atoms with E-state index in [0.29, 0.717) is 15.3 Å². The summed E-state index contributed by atoms with van der Waals surface area (Å²) in [6.45, 7) is 16.8. The minimum atomic E-state index is -1.34. The maximum Gasteiger partial charge on any atom is 0.488 e. The smallest absolute Gasteiger partial charge is 0.444 e. The summed E-state index contributed by atoms with van der Waals surface area (Å²) >= 11 is 2.33. The molecule has 3 saturated heterocycles. The Morgan fingerprint density at radius 2 is 1.08 bits per heavy atom. The van der Waals surface area contributed by atoms with Gasteiger partial charge in [0, 0.05) is 61.1 Å². The zero-order chi connectivity index (χ0) is 41.3. The maximum atomic E-state index is 11.7. The van der Waals surface area contributed by atoms with Gasteiger partial charge in [-0.05, 0) is 71.0 Å². The molecule has 3 aliphatic heterocycles. The summed E-state index contributed by atoms with van der Waals surface area (Å²) in [6.07, 6.45) is 3.64. The second-order valence-corrected chi connectivity index (χ2v) is 18.3. The lowest BCUT2D eigenvalue weighted by molar-refractivity contribution is 0.00806. The number of alkyl halides is 1. The number of nitrogens with one attached hydrogen (secondary N) is 1. The largest absolute Gasteiger partial charge is 0.488 e. The van der Waals surface area contributed by atoms with Gasteiger partial charge in [-0.2, -0.15) is 0 Å². The molecular formula is C45H73BClIN4O7. The van der Waals surface area contributed by atoms with Crippen molar-refractivity contribution in [3.8, 4) is 0 Å². The third-order valence-electron chi connectivity index (χ3n) is 9.22. The van der Waals surface area contributed by atoms with Crippen LogP contribution in [0.2, 0.25) is 0 Å². The number of hydrogen-bond donors (Lipinski definition) is 5. The van der Waals surface area contributed by atoms with Crippen LogP contribution in [0.15, 0.2) is 91.0 Å². The number of carbonyl (C=O) groups excluding carboxylic acids is 2. The summed E-state index contributed by atoms with van der Waals surface area (Å²) in [5.74, 6) is 1.24. The molecule has 0 unspecified atom stereocenters. The average Bonchev–Trinajstić information content (AvgIpc) is 3.08. The molecule has 11 nitrogen and oxygen atoms in total. The van der Waals surface area contributed by atoms with E-state index in [1.54, 1.807) is 34.1 Å². The Balaban J connectivity index is 0.000000722. The number of aliphatic hydroxyl groups excluding tert-OH is 1. The number of halogens is 2. The molecule has 6 N–H and O–H groups in total. The van der Waals surface area contributed by atoms with Crippen LogP contribution in [0, 0.1) is 0 Å². The van der Waals surface area contributed by atoms with Gasteiger partial charge in [-0.25, -0.2) is 9.59 Å². The molecule has 1 aliphatic carbocycles. The highest BCUT2D eigenvalue weighted by molar-refractivity contribution is 14.1. The van der Waals surface area contributed by atoms with Crippen molar-refractivity contribution in [1.29, 1.82) is 0 Å². The molecule has 3 heterocycles. The summed E-state index contributed by atoms with van der Waals surface area (Å²) < 4.78 is 11.1. The van der Waals surface area contributed by atoms with Crippen molar-refractivity contribution >= 4 is 59.8 Å². The van der Waals surface area contributed by atoms with E-state index in [9.17, 15) is 9.59 Å². The highest BCUT2D eigenvalue weighted by Gasteiger charge is 2.34. The molecule has 4 fully saturated rings. The average molecular weight is 955 g/mol. The van der Waals surface area contributed by atoms with Gasteiger partial charge in [0.05, 0.1) is 6.10 Å². The number of carbonyl (C=O) groups is 2. The van der Waals surface area contributed by atoms with Gasteiger partial charge in [-0.1, -0.05) is 141 Å². The van der Waals surface area contributed by atoms with Crippen LogP contribution in [0.1, 0.15) is 105 Å². The standard InChI is InChI=1S/C14H19NO2.C9H11N.C8H14INO2.C6H7BO2.C6H13NO.2CH4.ClH/c1-14(2,3)17-13(16)15-9-12(10-15)11-7-5-4-6-8-11;1-2-4-8(5-3-1)9-6-10-7-9;1-8(2,3)12-7(11)10-4-6(9)5-10;8-7(9)6-4-2-1-3-5-6;7-5-3-1-2-4-6(5)8;;;/h4-8,12H,9-10H2,1-3H3;1-5,9-10H,6-7H2;6H,4-5H2,1-3H3;1-5,8-9H;5-6,8H,1-4,7H2;2*1H4;1H/t;;;;5-,6-;;;/m....1.../s1. The summed E-state index contributed by atoms with van der Waals surface area (Å²) in [4.78, 5) is 26.5. The minimum absolute atomic E-state index is 0. The predicted octanol–water partition coefficient (Wildman–Crippen LogP) is 7.74. The van der Waals surface area contributed by atoms with Crippen molar-refractivity contribution in [3.63, 3.8) is 0 Å². The first kappa shape index (κ1) is 56.1. The topological polar surface area (TPSA) is 158 Å². The van der Waals surface area contributed by atoms with E-state index in [1.807, 2.05) is 65.8 Å². The molecule has 0 aromatic heterocycles. The highest BCUT2D eigenvalue weighted by atomic mass is 127. The van der Waals surface area contributed by atoms with E-state index >= 15 is 0 Å². The van der Waals surface area contributed by atoms with Crippen LogP contribution in [0.5, 0.6) is 0 Å². The van der Waals surface area contributed by atoms with Crippen LogP contribution in [0.4, 0.5) is 9.59 Å². The summed E-state index contributed by atoms with van der Waals surface area (Å²) in [5, 5.41) is 29.5. The van der Waals surface area contributed by atoms with Crippen molar-refractivity contribution in [2.75, 3.05) is 39.3 Å². The van der Waals surface area contributed by atoms with E-state index < -0.39 is 12.7 Å². The number of likely N-dealkylation sites (tertiary alicyclic amines) is 2. The second kappa shape index (κ2) is 27.8. The second-order valence-electron chi connectivity index (χ2n) is 16.5. The third kappa shape index (κ3) is 22.0. The normalized spacial score (nSPS) is 18.5. The van der Waals surface area contributed by atoms with Gasteiger partial charge in [0.2, 0.25) is 0 Å². The highest BCUT2D eigenvalue weighted by Crippen LogP contribution is 2.28. The van der Waals surface area contributed by atoms with Crippen molar-refractivity contribution in [3.05, 3.63) is 102 Å². The molecule has 3 aromatic rings. The summed E-state index contributed by atoms with van der Waals surface area (Å²) in [6, 6.07) is 29.7. The maximum absolute atomic E-state index is 11.7. The fourth-order valence-electron chi connectivity index (χ4n) is 5.81. The van der Waals surface area contributed by atoms with Gasteiger partial charge < -0.3 is 45.5 Å². The Morgan fingerprint density at radius 3 is 1.39 bits per heavy atom. The number of amides is 2. The van der Waals surface area contributed by atoms with Crippen molar-refractivity contribution in [2.24, 2.45) is 5.73 Å². The van der Waals surface area contributed by atoms with Gasteiger partial charge in [0.1, 0.15) is 11.2 Å². The van der Waals surface area contributed by atoms with Crippen molar-refractivity contribution in [2.45, 2.75) is 121 Å². The molecule has 1 saturated carbocycles. The number of ether oxygens (including phenoxy) is 2. The molecule has 59 heavy (non-hydrogen) atoms. The van der Waals surface area contributed by atoms with Crippen molar-refractivity contribution in [1.82, 2.24) is 15.1 Å². The quantitative estimate of drug-likeness (QED) is 0.101. The number of rotatable bonds is 3. The van der Waals surface area contributed by atoms with Gasteiger partial charge in [0.25, 0.3) is 0 Å². The van der Waals surface area contributed by atoms with Crippen LogP contribution >= 0.6 is 35.0 Å². The van der Waals surface area contributed by atoms with Crippen LogP contribution in [0.3, 0.4) is 0 Å². The Bertz CT molecular complexity index is 1540. The molecule has 2 atom stereocenters. The van der Waals surface area contributed by atoms with Crippen LogP contribution < -0.4 is 16.5 Å². The van der Waals surface area contributed by atoms with Crippen LogP contribution in [0.25, 0.3) is 0 Å². The van der Waals surface area contributed by atoms with E-state index in [0.717, 1.165) is 64.4 Å². The zero-order valence-electron chi connectivity index (χ0n) is 34.4. The minimum Gasteiger partial charge on any atom is -0.444 e. The Morgan fingerprint density at radius 1 is 0.695 bits per heavy atom. The van der Waals surface area contributed by atoms with Gasteiger partial charge in [-0.3, -0.25) is 0 Å². The first-order chi connectivity index (χ1) is 26.4. The molecule has 0 spiro atoms. The molecule has 332 valence electrons. The van der Waals surface area contributed by atoms with E-state index in [2.05, 4.69) is 70.4 Å². The first-order valence-corrected chi connectivity index (χ1v) is 20.9. The first-order valence-electron chi connectivity index (χ1n) is 19.7. The zero-order valence-corrected chi connectivity index (χ0v) is 37.4. The SMILES string of the molecule is C.C.CC(C)(C)OC(=O)N1CC(I)C1.CC(C)(C)OC(=O)N1CC(c2ccccc2)C1.Cl.N[C@@H]1CCCC[C@H]1O.OB(O)c1ccccc1.c1ccc(C2CNC2)cc1. The number of aliphatic hydroxyl groups is 1. The Hall–Kier alpha value is -2.92. The molecular weight excluding hydrogens is 882 g/mol. The number of benzene rings is 3. The molecule has 0 bridgehead atoms. The number of nitrogens with two attached hydrogens (primary N) is 1. The number of nitrogens with zero attached hydrogens (tertiary/aromatic N) is 2. The van der Waals surface area contributed by atoms with Crippen LogP contribution in [-0.4, -0.2) is 111 Å². The third-order valence-corrected chi connectivity index (χ3v) is 10.0. The fraction of sp³-hybridized carbons (Fsp3) is 0.556. The van der Waals surface area contributed by atoms with E-state index in [4.69, 9.17) is 30.4 Å². The molecule has 3 aromatic carbocycles. The molecule has 4 aliphatic rings. The van der Waals surface area contributed by atoms with Gasteiger partial charge in [0.15, 0.2) is 0 Å². The molecule has 7 rings (SSSR count). The summed E-state index contributed by atoms with van der Waals surface area (Å²) in [7, 11) is -1.34. The Labute approximate surface area is 375 Å². The lowest BCUT2D eigenvalue weighted by Crippen LogP contribution is -2.52. The molecule has 14 heteroatoms. The molecule has 2 amide bonds. The van der Waals surface area contributed by atoms with E-state index in [-0.39, 0.29) is 57.2 Å². The lowest BCUT2D eigenvalue weighted by atomic mass is 9.81. The summed E-state index contributed by atoms with van der Waals surface area (Å²) in [5.41, 5.74) is 8.05. The van der Waals surface area contributed by atoms with Gasteiger partial charge in [-0.15, -0.1) is 12.4 Å². The monoisotopic (exact) mass is 954 g/mol. The lowest BCUT2D eigenvalue weighted by Gasteiger charge is -2.40. The number of hydrogen-bond acceptors (Lipinski definition) is 9. The molecule has 0 radical (unpaired) electrons. The van der Waals surface area contributed by atoms with Crippen LogP contribution in [-0.2, 0) is 9.47 Å².